The molecule has 2 nitrogen and oxygen atoms in total. The van der Waals surface area contributed by atoms with Gasteiger partial charge in [0, 0.05) is 38.5 Å². The SMILES string of the molecule is c1ccc(-c2cccc(-n3c4ccccc4c4ccc(-c5ccc6c7cc(-c8ccccc8)cc(-c8ccccc8)c7n(-c7cccc(-c8ccccc8)c7)c6c5)cc43)c2)cc1. The summed E-state index contributed by atoms with van der Waals surface area (Å²) in [6.45, 7) is 0. The fraction of sp³-hybridized carbons (Fsp3) is 0. The maximum absolute atomic E-state index is 2.50. The molecular weight excluding hydrogens is 749 g/mol. The van der Waals surface area contributed by atoms with E-state index < -0.39 is 0 Å². The third-order valence-corrected chi connectivity index (χ3v) is 12.5. The van der Waals surface area contributed by atoms with Gasteiger partial charge < -0.3 is 9.13 Å². The first kappa shape index (κ1) is 35.7. The van der Waals surface area contributed by atoms with Crippen molar-refractivity contribution in [3.8, 4) is 67.0 Å². The molecule has 2 heterocycles. The lowest BCUT2D eigenvalue weighted by molar-refractivity contribution is 1.18. The molecule has 0 N–H and O–H groups in total. The number of hydrogen-bond acceptors (Lipinski definition) is 0. The van der Waals surface area contributed by atoms with E-state index in [0.29, 0.717) is 0 Å². The van der Waals surface area contributed by atoms with Crippen LogP contribution in [-0.4, -0.2) is 9.13 Å². The van der Waals surface area contributed by atoms with Crippen LogP contribution >= 0.6 is 0 Å². The minimum atomic E-state index is 1.13. The van der Waals surface area contributed by atoms with Crippen molar-refractivity contribution in [2.45, 2.75) is 0 Å². The van der Waals surface area contributed by atoms with Crippen LogP contribution in [0.3, 0.4) is 0 Å². The number of nitrogens with zero attached hydrogens (tertiary/aromatic N) is 2. The minimum absolute atomic E-state index is 1.13. The summed E-state index contributed by atoms with van der Waals surface area (Å²) in [5, 5.41) is 4.93. The molecule has 290 valence electrons. The fourth-order valence-electron chi connectivity index (χ4n) is 9.57. The topological polar surface area (TPSA) is 9.86 Å². The molecule has 0 spiro atoms. The summed E-state index contributed by atoms with van der Waals surface area (Å²) in [5.41, 5.74) is 18.9. The van der Waals surface area contributed by atoms with Crippen molar-refractivity contribution < 1.29 is 0 Å². The van der Waals surface area contributed by atoms with Crippen LogP contribution in [0.25, 0.3) is 111 Å². The second-order valence-corrected chi connectivity index (χ2v) is 16.1. The zero-order valence-corrected chi connectivity index (χ0v) is 34.0. The van der Waals surface area contributed by atoms with Crippen molar-refractivity contribution >= 4 is 43.6 Å². The van der Waals surface area contributed by atoms with Gasteiger partial charge in [-0.1, -0.05) is 188 Å². The molecule has 12 rings (SSSR count). The predicted octanol–water partition coefficient (Wildman–Crippen LogP) is 16.2. The minimum Gasteiger partial charge on any atom is -0.309 e. The number of fused-ring (bicyclic) bond motifs is 6. The van der Waals surface area contributed by atoms with E-state index in [1.54, 1.807) is 0 Å². The Bertz CT molecular complexity index is 3600. The Kier molecular flexibility index (Phi) is 8.53. The maximum atomic E-state index is 2.50. The monoisotopic (exact) mass is 788 g/mol. The van der Waals surface area contributed by atoms with Crippen molar-refractivity contribution in [2.24, 2.45) is 0 Å². The molecule has 0 aliphatic heterocycles. The molecule has 2 heteroatoms. The molecule has 0 fully saturated rings. The molecule has 0 saturated heterocycles. The summed E-state index contributed by atoms with van der Waals surface area (Å²) in [5.74, 6) is 0. The average molecular weight is 789 g/mol. The van der Waals surface area contributed by atoms with Crippen molar-refractivity contribution in [1.29, 1.82) is 0 Å². The summed E-state index contributed by atoms with van der Waals surface area (Å²) >= 11 is 0. The van der Waals surface area contributed by atoms with Crippen LogP contribution in [0.4, 0.5) is 0 Å². The van der Waals surface area contributed by atoms with Gasteiger partial charge in [0.2, 0.25) is 0 Å². The highest BCUT2D eigenvalue weighted by Crippen LogP contribution is 2.43. The Morgan fingerprint density at radius 1 is 0.210 bits per heavy atom. The first-order chi connectivity index (χ1) is 30.7. The maximum Gasteiger partial charge on any atom is 0.0619 e. The van der Waals surface area contributed by atoms with Crippen LogP contribution in [0.2, 0.25) is 0 Å². The molecule has 62 heavy (non-hydrogen) atoms. The summed E-state index contributed by atoms with van der Waals surface area (Å²) in [6.07, 6.45) is 0. The molecule has 0 bridgehead atoms. The third kappa shape index (κ3) is 6.04. The van der Waals surface area contributed by atoms with E-state index in [0.717, 1.165) is 11.4 Å². The Balaban J connectivity index is 1.12. The molecule has 10 aromatic carbocycles. The second-order valence-electron chi connectivity index (χ2n) is 16.1. The van der Waals surface area contributed by atoms with E-state index in [1.807, 2.05) is 0 Å². The van der Waals surface area contributed by atoms with Crippen LogP contribution in [0.5, 0.6) is 0 Å². The molecule has 12 aromatic rings. The summed E-state index contributed by atoms with van der Waals surface area (Å²) in [6, 6.07) is 88.5. The lowest BCUT2D eigenvalue weighted by atomic mass is 9.95. The smallest absolute Gasteiger partial charge is 0.0619 e. The predicted molar refractivity (Wildman–Crippen MR) is 262 cm³/mol. The number of aromatic nitrogens is 2. The van der Waals surface area contributed by atoms with Crippen molar-refractivity contribution in [1.82, 2.24) is 9.13 Å². The number of para-hydroxylation sites is 1. The number of benzene rings is 10. The van der Waals surface area contributed by atoms with E-state index in [2.05, 4.69) is 252 Å². The van der Waals surface area contributed by atoms with Crippen molar-refractivity contribution in [3.63, 3.8) is 0 Å². The molecule has 0 radical (unpaired) electrons. The van der Waals surface area contributed by atoms with Crippen molar-refractivity contribution in [3.05, 3.63) is 243 Å². The molecule has 2 aromatic heterocycles. The summed E-state index contributed by atoms with van der Waals surface area (Å²) in [4.78, 5) is 0. The van der Waals surface area contributed by atoms with E-state index in [1.165, 1.54) is 99.2 Å². The van der Waals surface area contributed by atoms with Gasteiger partial charge in [0.1, 0.15) is 0 Å². The zero-order valence-electron chi connectivity index (χ0n) is 34.0. The lowest BCUT2D eigenvalue weighted by Crippen LogP contribution is -1.97. The van der Waals surface area contributed by atoms with Gasteiger partial charge in [0.15, 0.2) is 0 Å². The Labute approximate surface area is 360 Å². The standard InChI is InChI=1S/C60H40N2/c1-5-17-41(18-6-1)45-25-15-27-50(35-45)61-57-30-14-13-29-52(57)53-33-31-47(39-58(53)61)48-32-34-54-56-38-49(43-21-9-3-10-22-43)37-55(44-23-11-4-12-24-44)60(56)62(59(54)40-48)51-28-16-26-46(36-51)42-19-7-2-8-20-42/h1-40H. The first-order valence-electron chi connectivity index (χ1n) is 21.3. The van der Waals surface area contributed by atoms with Crippen LogP contribution in [-0.2, 0) is 0 Å². The van der Waals surface area contributed by atoms with Gasteiger partial charge in [-0.25, -0.2) is 0 Å². The molecule has 0 aliphatic rings. The normalized spacial score (nSPS) is 11.5. The molecule has 0 aliphatic carbocycles. The molecule has 0 amide bonds. The number of rotatable bonds is 7. The van der Waals surface area contributed by atoms with E-state index in [-0.39, 0.29) is 0 Å². The lowest BCUT2D eigenvalue weighted by Gasteiger charge is -2.15. The van der Waals surface area contributed by atoms with E-state index in [4.69, 9.17) is 0 Å². The molecule has 0 unspecified atom stereocenters. The Hall–Kier alpha value is -8.20. The summed E-state index contributed by atoms with van der Waals surface area (Å²) < 4.78 is 4.94. The highest BCUT2D eigenvalue weighted by molar-refractivity contribution is 6.16. The third-order valence-electron chi connectivity index (χ3n) is 12.5. The average Bonchev–Trinajstić information content (AvgIpc) is 3.87. The zero-order chi connectivity index (χ0) is 41.0. The fourth-order valence-corrected chi connectivity index (χ4v) is 9.57. The van der Waals surface area contributed by atoms with Gasteiger partial charge >= 0.3 is 0 Å². The molecule has 0 saturated carbocycles. The van der Waals surface area contributed by atoms with Gasteiger partial charge in [-0.05, 0) is 105 Å². The van der Waals surface area contributed by atoms with Crippen LogP contribution in [0, 0.1) is 0 Å². The molecule has 0 atom stereocenters. The molecular formula is C60H40N2. The van der Waals surface area contributed by atoms with E-state index in [9.17, 15) is 0 Å². The Morgan fingerprint density at radius 2 is 0.629 bits per heavy atom. The van der Waals surface area contributed by atoms with Crippen LogP contribution < -0.4 is 0 Å². The highest BCUT2D eigenvalue weighted by Gasteiger charge is 2.21. The van der Waals surface area contributed by atoms with Gasteiger partial charge in [-0.2, -0.15) is 0 Å². The first-order valence-corrected chi connectivity index (χ1v) is 21.3. The van der Waals surface area contributed by atoms with Crippen LogP contribution in [0.15, 0.2) is 243 Å². The van der Waals surface area contributed by atoms with E-state index >= 15 is 0 Å². The quantitative estimate of drug-likeness (QED) is 0.152. The van der Waals surface area contributed by atoms with Gasteiger partial charge in [0.05, 0.1) is 22.1 Å². The van der Waals surface area contributed by atoms with Gasteiger partial charge in [-0.15, -0.1) is 0 Å². The Morgan fingerprint density at radius 3 is 1.21 bits per heavy atom. The second kappa shape index (κ2) is 14.8. The highest BCUT2D eigenvalue weighted by atomic mass is 15.0. The largest absolute Gasteiger partial charge is 0.309 e. The van der Waals surface area contributed by atoms with Crippen LogP contribution in [0.1, 0.15) is 0 Å². The van der Waals surface area contributed by atoms with Gasteiger partial charge in [-0.3, -0.25) is 0 Å². The van der Waals surface area contributed by atoms with Crippen molar-refractivity contribution in [2.75, 3.05) is 0 Å². The summed E-state index contributed by atoms with van der Waals surface area (Å²) in [7, 11) is 0. The number of hydrogen-bond donors (Lipinski definition) is 0. The van der Waals surface area contributed by atoms with Gasteiger partial charge in [0.25, 0.3) is 0 Å².